The number of aromatic nitrogens is 1. The number of carbonyl (C=O) groups is 1. The number of pyridine rings is 1. The number of aryl methyl sites for hydroxylation is 1. The van der Waals surface area contributed by atoms with Crippen molar-refractivity contribution in [2.24, 2.45) is 11.1 Å². The number of nitrogens with two attached hydrogens (primary N) is 1. The van der Waals surface area contributed by atoms with E-state index in [0.717, 1.165) is 38.6 Å². The predicted octanol–water partition coefficient (Wildman–Crippen LogP) is 3.73. The smallest absolute Gasteiger partial charge is 0.404 e. The minimum Gasteiger partial charge on any atom is -0.446 e. The molecular weight excluding hydrogens is 302 g/mol. The van der Waals surface area contributed by atoms with Crippen LogP contribution in [0.1, 0.15) is 70.2 Å². The summed E-state index contributed by atoms with van der Waals surface area (Å²) < 4.78 is 5.27. The lowest BCUT2D eigenvalue weighted by Gasteiger charge is -2.30. The van der Waals surface area contributed by atoms with Crippen molar-refractivity contribution in [1.29, 1.82) is 0 Å². The van der Waals surface area contributed by atoms with Gasteiger partial charge in [0.2, 0.25) is 0 Å². The van der Waals surface area contributed by atoms with Gasteiger partial charge in [0.15, 0.2) is 0 Å². The van der Waals surface area contributed by atoms with Crippen LogP contribution in [0.3, 0.4) is 0 Å². The summed E-state index contributed by atoms with van der Waals surface area (Å²) in [7, 11) is 0. The van der Waals surface area contributed by atoms with E-state index >= 15 is 0 Å². The first kappa shape index (κ1) is 18.7. The summed E-state index contributed by atoms with van der Waals surface area (Å²) in [5.41, 5.74) is 7.69. The van der Waals surface area contributed by atoms with Crippen LogP contribution in [-0.4, -0.2) is 23.7 Å². The molecule has 5 heteroatoms. The molecule has 5 nitrogen and oxygen atoms in total. The van der Waals surface area contributed by atoms with Gasteiger partial charge in [0.25, 0.3) is 0 Å². The zero-order valence-electron chi connectivity index (χ0n) is 15.2. The van der Waals surface area contributed by atoms with E-state index < -0.39 is 6.09 Å². The van der Waals surface area contributed by atoms with Crippen LogP contribution in [-0.2, 0) is 11.2 Å². The predicted molar refractivity (Wildman–Crippen MR) is 95.7 cm³/mol. The lowest BCUT2D eigenvalue weighted by molar-refractivity contribution is 0.0298. The average Bonchev–Trinajstić information content (AvgIpc) is 2.52. The van der Waals surface area contributed by atoms with Crippen LogP contribution >= 0.6 is 0 Å². The Hall–Kier alpha value is -1.62. The van der Waals surface area contributed by atoms with Gasteiger partial charge >= 0.3 is 6.09 Å². The van der Waals surface area contributed by atoms with Crippen molar-refractivity contribution in [2.75, 3.05) is 6.54 Å². The molecule has 0 bridgehead atoms. The van der Waals surface area contributed by atoms with Gasteiger partial charge in [0, 0.05) is 12.2 Å². The standard InChI is InChI=1S/C19H31N3O2/c1-19(2,3)16(24-18(20)23)11-4-5-12-21-15-10-6-8-14-9-7-13-22-17(14)15/h7,9,13,15-16,21H,4-6,8,10-12H2,1-3H3,(H2,20,23). The molecule has 0 aromatic carbocycles. The van der Waals surface area contributed by atoms with Crippen LogP contribution in [0.15, 0.2) is 18.3 Å². The molecule has 0 radical (unpaired) electrons. The number of hydrogen-bond acceptors (Lipinski definition) is 4. The fourth-order valence-corrected chi connectivity index (χ4v) is 3.35. The Balaban J connectivity index is 1.74. The number of carbonyl (C=O) groups excluding carboxylic acids is 1. The average molecular weight is 333 g/mol. The number of nitrogens with zero attached hydrogens (tertiary/aromatic N) is 1. The normalized spacial score (nSPS) is 18.7. The maximum Gasteiger partial charge on any atom is 0.404 e. The van der Waals surface area contributed by atoms with Crippen molar-refractivity contribution in [2.45, 2.75) is 71.4 Å². The number of fused-ring (bicyclic) bond motifs is 1. The van der Waals surface area contributed by atoms with E-state index in [9.17, 15) is 4.79 Å². The van der Waals surface area contributed by atoms with Crippen LogP contribution in [0.25, 0.3) is 0 Å². The molecule has 24 heavy (non-hydrogen) atoms. The van der Waals surface area contributed by atoms with E-state index in [1.165, 1.54) is 17.7 Å². The molecule has 1 amide bonds. The zero-order valence-corrected chi connectivity index (χ0v) is 15.2. The molecule has 1 aliphatic carbocycles. The second-order valence-electron chi connectivity index (χ2n) is 7.73. The van der Waals surface area contributed by atoms with Crippen LogP contribution in [0.5, 0.6) is 0 Å². The van der Waals surface area contributed by atoms with Crippen molar-refractivity contribution in [3.05, 3.63) is 29.6 Å². The van der Waals surface area contributed by atoms with Gasteiger partial charge in [0.05, 0.1) is 5.69 Å². The zero-order chi connectivity index (χ0) is 17.6. The molecule has 1 aromatic rings. The summed E-state index contributed by atoms with van der Waals surface area (Å²) in [4.78, 5) is 15.6. The van der Waals surface area contributed by atoms with Gasteiger partial charge < -0.3 is 15.8 Å². The third-order valence-electron chi connectivity index (χ3n) is 4.70. The molecule has 0 fully saturated rings. The number of hydrogen-bond donors (Lipinski definition) is 2. The molecule has 0 saturated carbocycles. The quantitative estimate of drug-likeness (QED) is 0.745. The summed E-state index contributed by atoms with van der Waals surface area (Å²) in [6, 6.07) is 4.58. The molecule has 2 rings (SSSR count). The highest BCUT2D eigenvalue weighted by Gasteiger charge is 2.27. The van der Waals surface area contributed by atoms with E-state index in [4.69, 9.17) is 10.5 Å². The van der Waals surface area contributed by atoms with E-state index in [0.29, 0.717) is 6.04 Å². The van der Waals surface area contributed by atoms with Crippen molar-refractivity contribution in [3.63, 3.8) is 0 Å². The summed E-state index contributed by atoms with van der Waals surface area (Å²) in [6.45, 7) is 7.17. The fourth-order valence-electron chi connectivity index (χ4n) is 3.35. The third-order valence-corrected chi connectivity index (χ3v) is 4.70. The lowest BCUT2D eigenvalue weighted by Crippen LogP contribution is -2.34. The molecule has 0 saturated heterocycles. The molecule has 0 aliphatic heterocycles. The van der Waals surface area contributed by atoms with Gasteiger partial charge in [-0.1, -0.05) is 26.8 Å². The highest BCUT2D eigenvalue weighted by Crippen LogP contribution is 2.28. The van der Waals surface area contributed by atoms with E-state index in [2.05, 4.69) is 37.1 Å². The fraction of sp³-hybridized carbons (Fsp3) is 0.684. The number of amides is 1. The minimum absolute atomic E-state index is 0.0886. The Kier molecular flexibility index (Phi) is 6.60. The topological polar surface area (TPSA) is 77.2 Å². The van der Waals surface area contributed by atoms with Gasteiger partial charge in [-0.3, -0.25) is 4.98 Å². The van der Waals surface area contributed by atoms with Crippen LogP contribution in [0.4, 0.5) is 4.79 Å². The molecule has 1 aromatic heterocycles. The highest BCUT2D eigenvalue weighted by atomic mass is 16.6. The molecule has 134 valence electrons. The van der Waals surface area contributed by atoms with Gasteiger partial charge in [0.1, 0.15) is 6.10 Å². The Labute approximate surface area is 145 Å². The Morgan fingerprint density at radius 3 is 2.96 bits per heavy atom. The maximum absolute atomic E-state index is 11.0. The number of unbranched alkanes of at least 4 members (excludes halogenated alkanes) is 1. The van der Waals surface area contributed by atoms with E-state index in [-0.39, 0.29) is 11.5 Å². The molecule has 2 atom stereocenters. The molecular formula is C19H31N3O2. The number of nitrogens with one attached hydrogen (secondary N) is 1. The SMILES string of the molecule is CC(C)(C)C(CCCCNC1CCCc2cccnc21)OC(N)=O. The minimum atomic E-state index is -0.682. The lowest BCUT2D eigenvalue weighted by atomic mass is 9.86. The van der Waals surface area contributed by atoms with Gasteiger partial charge in [-0.25, -0.2) is 4.79 Å². The van der Waals surface area contributed by atoms with Gasteiger partial charge in [-0.2, -0.15) is 0 Å². The molecule has 3 N–H and O–H groups in total. The largest absolute Gasteiger partial charge is 0.446 e. The second-order valence-corrected chi connectivity index (χ2v) is 7.73. The highest BCUT2D eigenvalue weighted by molar-refractivity contribution is 5.64. The first-order valence-electron chi connectivity index (χ1n) is 9.01. The second kappa shape index (κ2) is 8.47. The monoisotopic (exact) mass is 333 g/mol. The van der Waals surface area contributed by atoms with Gasteiger partial charge in [-0.15, -0.1) is 0 Å². The van der Waals surface area contributed by atoms with Crippen LogP contribution in [0, 0.1) is 5.41 Å². The molecule has 2 unspecified atom stereocenters. The maximum atomic E-state index is 11.0. The Morgan fingerprint density at radius 1 is 1.46 bits per heavy atom. The molecule has 1 aliphatic rings. The van der Waals surface area contributed by atoms with Crippen molar-refractivity contribution < 1.29 is 9.53 Å². The molecule has 0 spiro atoms. The summed E-state index contributed by atoms with van der Waals surface area (Å²) in [6.07, 6.45) is 7.47. The Bertz CT molecular complexity index is 540. The summed E-state index contributed by atoms with van der Waals surface area (Å²) >= 11 is 0. The first-order chi connectivity index (χ1) is 11.4. The summed E-state index contributed by atoms with van der Waals surface area (Å²) in [5, 5.41) is 3.64. The van der Waals surface area contributed by atoms with Crippen LogP contribution < -0.4 is 11.1 Å². The molecule has 1 heterocycles. The van der Waals surface area contributed by atoms with Gasteiger partial charge in [-0.05, 0) is 62.1 Å². The summed E-state index contributed by atoms with van der Waals surface area (Å²) in [5.74, 6) is 0. The van der Waals surface area contributed by atoms with Crippen LogP contribution in [0.2, 0.25) is 0 Å². The van der Waals surface area contributed by atoms with Crippen molar-refractivity contribution in [3.8, 4) is 0 Å². The third kappa shape index (κ3) is 5.48. The number of rotatable bonds is 7. The Morgan fingerprint density at radius 2 is 2.25 bits per heavy atom. The van der Waals surface area contributed by atoms with Crippen molar-refractivity contribution in [1.82, 2.24) is 10.3 Å². The van der Waals surface area contributed by atoms with E-state index in [1.807, 2.05) is 12.3 Å². The number of primary amides is 1. The van der Waals surface area contributed by atoms with E-state index in [1.54, 1.807) is 0 Å². The number of ether oxygens (including phenoxy) is 1. The first-order valence-corrected chi connectivity index (χ1v) is 9.01. The van der Waals surface area contributed by atoms with Crippen molar-refractivity contribution >= 4 is 6.09 Å².